The molecular weight excluding hydrogens is 356 g/mol. The van der Waals surface area contributed by atoms with Crippen LogP contribution in [0.5, 0.6) is 0 Å². The number of pyridine rings is 2. The number of anilines is 4. The molecular formula is C25H32N4. The maximum Gasteiger partial charge on any atom is 0.158 e. The van der Waals surface area contributed by atoms with Crippen molar-refractivity contribution in [1.29, 1.82) is 0 Å². The molecule has 0 spiro atoms. The lowest BCUT2D eigenvalue weighted by Gasteiger charge is -2.37. The smallest absolute Gasteiger partial charge is 0.158 e. The first-order valence-electron chi connectivity index (χ1n) is 10.6. The van der Waals surface area contributed by atoms with Crippen molar-refractivity contribution in [1.82, 2.24) is 9.97 Å². The molecule has 3 aromatic rings. The lowest BCUT2D eigenvalue weighted by atomic mass is 9.83. The molecule has 2 aliphatic heterocycles. The first-order valence-corrected chi connectivity index (χ1v) is 10.6. The largest absolute Gasteiger partial charge is 0.316 e. The van der Waals surface area contributed by atoms with E-state index in [0.717, 1.165) is 11.5 Å². The van der Waals surface area contributed by atoms with Crippen molar-refractivity contribution in [3.05, 3.63) is 72.2 Å². The van der Waals surface area contributed by atoms with Gasteiger partial charge in [-0.1, -0.05) is 59.7 Å². The monoisotopic (exact) mass is 388 g/mol. The SMILES string of the molecule is CC.CC.Cc1cnccc1N1c2cccnc2N2c3ccccc3C(C)(C)C12. The quantitative estimate of drug-likeness (QED) is 0.462. The van der Waals surface area contributed by atoms with Crippen LogP contribution in [0, 0.1) is 6.92 Å². The van der Waals surface area contributed by atoms with Gasteiger partial charge in [-0.05, 0) is 42.3 Å². The second-order valence-corrected chi connectivity index (χ2v) is 7.36. The molecule has 0 aliphatic carbocycles. The third kappa shape index (κ3) is 3.07. The molecule has 4 heteroatoms. The standard InChI is InChI=1S/C21H20N4.2C2H6/c1-14-13-22-12-10-16(14)24-18-9-6-11-23-19(18)25-17-8-5-4-7-15(17)21(2,3)20(24)25;2*1-2/h4-13,20H,1-3H3;2*1-2H3. The van der Waals surface area contributed by atoms with Gasteiger partial charge in [0, 0.05) is 35.4 Å². The zero-order valence-electron chi connectivity index (χ0n) is 18.6. The number of fused-ring (bicyclic) bond motifs is 5. The molecule has 2 aliphatic rings. The summed E-state index contributed by atoms with van der Waals surface area (Å²) in [6.07, 6.45) is 5.85. The van der Waals surface area contributed by atoms with Gasteiger partial charge in [0.2, 0.25) is 0 Å². The Morgan fingerprint density at radius 3 is 2.21 bits per heavy atom. The van der Waals surface area contributed by atoms with Gasteiger partial charge >= 0.3 is 0 Å². The first kappa shape index (κ1) is 20.8. The van der Waals surface area contributed by atoms with Gasteiger partial charge in [-0.3, -0.25) is 4.98 Å². The van der Waals surface area contributed by atoms with Crippen molar-refractivity contribution in [2.24, 2.45) is 0 Å². The third-order valence-electron chi connectivity index (χ3n) is 5.50. The summed E-state index contributed by atoms with van der Waals surface area (Å²) in [4.78, 5) is 13.8. The average molecular weight is 389 g/mol. The summed E-state index contributed by atoms with van der Waals surface area (Å²) in [7, 11) is 0. The predicted molar refractivity (Wildman–Crippen MR) is 123 cm³/mol. The molecule has 0 saturated heterocycles. The van der Waals surface area contributed by atoms with Crippen LogP contribution in [0.2, 0.25) is 0 Å². The van der Waals surface area contributed by atoms with E-state index in [4.69, 9.17) is 4.98 Å². The Balaban J connectivity index is 0.000000568. The third-order valence-corrected chi connectivity index (χ3v) is 5.50. The number of aryl methyl sites for hydroxylation is 1. The van der Waals surface area contributed by atoms with E-state index >= 15 is 0 Å². The minimum absolute atomic E-state index is 0.0347. The Morgan fingerprint density at radius 1 is 0.793 bits per heavy atom. The number of rotatable bonds is 1. The fraction of sp³-hybridized carbons (Fsp3) is 0.360. The summed E-state index contributed by atoms with van der Waals surface area (Å²) < 4.78 is 0. The van der Waals surface area contributed by atoms with E-state index in [1.807, 2.05) is 52.4 Å². The maximum absolute atomic E-state index is 4.74. The van der Waals surface area contributed by atoms with Gasteiger partial charge in [0.25, 0.3) is 0 Å². The average Bonchev–Trinajstić information content (AvgIpc) is 3.23. The van der Waals surface area contributed by atoms with E-state index in [1.54, 1.807) is 0 Å². The van der Waals surface area contributed by atoms with E-state index < -0.39 is 0 Å². The fourth-order valence-corrected chi connectivity index (χ4v) is 4.38. The molecule has 1 aromatic carbocycles. The molecule has 1 atom stereocenters. The lowest BCUT2D eigenvalue weighted by Crippen LogP contribution is -2.46. The maximum atomic E-state index is 4.74. The van der Waals surface area contributed by atoms with Crippen molar-refractivity contribution >= 4 is 22.9 Å². The number of nitrogens with zero attached hydrogens (tertiary/aromatic N) is 4. The first-order chi connectivity index (χ1) is 14.1. The number of para-hydroxylation sites is 1. The highest BCUT2D eigenvalue weighted by Gasteiger charge is 2.54. The number of aromatic nitrogens is 2. The topological polar surface area (TPSA) is 32.3 Å². The van der Waals surface area contributed by atoms with E-state index in [0.29, 0.717) is 0 Å². The summed E-state index contributed by atoms with van der Waals surface area (Å²) in [5.74, 6) is 1.03. The molecule has 0 N–H and O–H groups in total. The van der Waals surface area contributed by atoms with E-state index in [-0.39, 0.29) is 11.6 Å². The van der Waals surface area contributed by atoms with Crippen LogP contribution < -0.4 is 9.80 Å². The van der Waals surface area contributed by atoms with Crippen molar-refractivity contribution in [3.8, 4) is 0 Å². The molecule has 0 amide bonds. The van der Waals surface area contributed by atoms with Gasteiger partial charge in [0.15, 0.2) is 5.82 Å². The van der Waals surface area contributed by atoms with Crippen LogP contribution in [0.3, 0.4) is 0 Å². The molecule has 0 bridgehead atoms. The van der Waals surface area contributed by atoms with E-state index in [9.17, 15) is 0 Å². The summed E-state index contributed by atoms with van der Waals surface area (Å²) in [6.45, 7) is 14.8. The second-order valence-electron chi connectivity index (χ2n) is 7.36. The molecule has 5 rings (SSSR count). The molecule has 0 radical (unpaired) electrons. The molecule has 0 fully saturated rings. The van der Waals surface area contributed by atoms with Crippen molar-refractivity contribution in [3.63, 3.8) is 0 Å². The van der Waals surface area contributed by atoms with Crippen LogP contribution in [-0.4, -0.2) is 16.1 Å². The van der Waals surface area contributed by atoms with Crippen LogP contribution in [0.15, 0.2) is 61.1 Å². The van der Waals surface area contributed by atoms with Gasteiger partial charge in [-0.25, -0.2) is 4.98 Å². The Hall–Kier alpha value is -2.88. The summed E-state index contributed by atoms with van der Waals surface area (Å²) in [6, 6.07) is 15.0. The van der Waals surface area contributed by atoms with Gasteiger partial charge < -0.3 is 9.80 Å². The van der Waals surface area contributed by atoms with E-state index in [2.05, 4.69) is 72.0 Å². The summed E-state index contributed by atoms with van der Waals surface area (Å²) >= 11 is 0. The van der Waals surface area contributed by atoms with Gasteiger partial charge in [-0.15, -0.1) is 0 Å². The highest BCUT2D eigenvalue weighted by atomic mass is 15.5. The molecule has 152 valence electrons. The van der Waals surface area contributed by atoms with Gasteiger partial charge in [0.1, 0.15) is 6.17 Å². The molecule has 1 unspecified atom stereocenters. The Kier molecular flexibility index (Phi) is 5.92. The molecule has 0 saturated carbocycles. The zero-order valence-corrected chi connectivity index (χ0v) is 18.6. The van der Waals surface area contributed by atoms with E-state index in [1.165, 1.54) is 22.5 Å². The number of hydrogen-bond donors (Lipinski definition) is 0. The number of benzene rings is 1. The fourth-order valence-electron chi connectivity index (χ4n) is 4.38. The highest BCUT2D eigenvalue weighted by Crippen LogP contribution is 2.58. The lowest BCUT2D eigenvalue weighted by molar-refractivity contribution is 0.450. The Labute approximate surface area is 175 Å². The highest BCUT2D eigenvalue weighted by molar-refractivity contribution is 5.90. The predicted octanol–water partition coefficient (Wildman–Crippen LogP) is 6.74. The van der Waals surface area contributed by atoms with Crippen LogP contribution in [-0.2, 0) is 5.41 Å². The summed E-state index contributed by atoms with van der Waals surface area (Å²) in [5, 5.41) is 0. The van der Waals surface area contributed by atoms with Crippen LogP contribution in [0.1, 0.15) is 52.7 Å². The number of hydrogen-bond acceptors (Lipinski definition) is 4. The molecule has 2 aromatic heterocycles. The molecule has 4 nitrogen and oxygen atoms in total. The van der Waals surface area contributed by atoms with Crippen LogP contribution in [0.4, 0.5) is 22.9 Å². The molecule has 29 heavy (non-hydrogen) atoms. The summed E-state index contributed by atoms with van der Waals surface area (Å²) in [5.41, 5.74) is 6.11. The second kappa shape index (κ2) is 8.24. The van der Waals surface area contributed by atoms with Crippen molar-refractivity contribution in [2.75, 3.05) is 9.80 Å². The minimum atomic E-state index is -0.0347. The van der Waals surface area contributed by atoms with Gasteiger partial charge in [0.05, 0.1) is 5.69 Å². The van der Waals surface area contributed by atoms with Crippen molar-refractivity contribution in [2.45, 2.75) is 60.0 Å². The Morgan fingerprint density at radius 2 is 1.48 bits per heavy atom. The van der Waals surface area contributed by atoms with Crippen molar-refractivity contribution < 1.29 is 0 Å². The van der Waals surface area contributed by atoms with Crippen LogP contribution in [0.25, 0.3) is 0 Å². The van der Waals surface area contributed by atoms with Gasteiger partial charge in [-0.2, -0.15) is 0 Å². The molecule has 4 heterocycles. The Bertz CT molecular complexity index is 980. The minimum Gasteiger partial charge on any atom is -0.316 e. The normalized spacial score (nSPS) is 17.3. The van der Waals surface area contributed by atoms with Crippen LogP contribution >= 0.6 is 0 Å². The zero-order chi connectivity index (χ0) is 21.2.